The van der Waals surface area contributed by atoms with Crippen molar-refractivity contribution in [3.8, 4) is 11.3 Å². The minimum absolute atomic E-state index is 0.425. The van der Waals surface area contributed by atoms with Crippen molar-refractivity contribution in [1.82, 2.24) is 4.98 Å². The summed E-state index contributed by atoms with van der Waals surface area (Å²) in [4.78, 5) is 4.25. The summed E-state index contributed by atoms with van der Waals surface area (Å²) in [6.45, 7) is 0.425. The zero-order valence-electron chi connectivity index (χ0n) is 8.54. The second-order valence-corrected chi connectivity index (χ2v) is 4.13. The molecule has 0 amide bonds. The predicted octanol–water partition coefficient (Wildman–Crippen LogP) is 3.23. The Hall–Kier alpha value is -1.33. The van der Waals surface area contributed by atoms with E-state index in [4.69, 9.17) is 4.74 Å². The minimum Gasteiger partial charge on any atom is -0.378 e. The van der Waals surface area contributed by atoms with Crippen LogP contribution >= 0.6 is 11.3 Å². The Morgan fingerprint density at radius 2 is 2.12 bits per heavy atom. The van der Waals surface area contributed by atoms with Gasteiger partial charge in [-0.3, -0.25) is 0 Å². The summed E-state index contributed by atoms with van der Waals surface area (Å²) in [6, 6.07) is 3.74. The monoisotopic (exact) mass is 241 g/mol. The fraction of sp³-hybridized carbons (Fsp3) is 0.182. The van der Waals surface area contributed by atoms with Crippen molar-refractivity contribution in [2.24, 2.45) is 0 Å². The molecule has 0 N–H and O–H groups in total. The Kier molecular flexibility index (Phi) is 3.26. The molecule has 1 heterocycles. The van der Waals surface area contributed by atoms with E-state index in [1.54, 1.807) is 12.5 Å². The molecule has 0 saturated heterocycles. The number of methoxy groups -OCH3 is 1. The van der Waals surface area contributed by atoms with Crippen LogP contribution in [0.25, 0.3) is 11.3 Å². The molecule has 0 atom stereocenters. The molecule has 0 radical (unpaired) electrons. The second-order valence-electron chi connectivity index (χ2n) is 3.19. The Labute approximate surface area is 95.5 Å². The van der Waals surface area contributed by atoms with Crippen LogP contribution in [-0.2, 0) is 11.3 Å². The molecule has 0 saturated carbocycles. The Bertz CT molecular complexity index is 498. The molecule has 16 heavy (non-hydrogen) atoms. The fourth-order valence-electron chi connectivity index (χ4n) is 1.29. The molecule has 2 aromatic rings. The number of halogens is 2. The normalized spacial score (nSPS) is 10.7. The van der Waals surface area contributed by atoms with Crippen LogP contribution in [-0.4, -0.2) is 12.1 Å². The van der Waals surface area contributed by atoms with E-state index in [-0.39, 0.29) is 0 Å². The quantitative estimate of drug-likeness (QED) is 0.823. The Morgan fingerprint density at radius 3 is 2.81 bits per heavy atom. The van der Waals surface area contributed by atoms with Crippen LogP contribution in [0.2, 0.25) is 0 Å². The van der Waals surface area contributed by atoms with Gasteiger partial charge in [-0.1, -0.05) is 0 Å². The average molecular weight is 241 g/mol. The highest BCUT2D eigenvalue weighted by Gasteiger charge is 2.07. The summed E-state index contributed by atoms with van der Waals surface area (Å²) in [6.07, 6.45) is 0. The smallest absolute Gasteiger partial charge is 0.159 e. The molecular weight excluding hydrogens is 232 g/mol. The topological polar surface area (TPSA) is 22.1 Å². The zero-order chi connectivity index (χ0) is 11.5. The van der Waals surface area contributed by atoms with Crippen LogP contribution in [0.4, 0.5) is 8.78 Å². The maximum absolute atomic E-state index is 13.0. The molecular formula is C11H9F2NOS. The summed E-state index contributed by atoms with van der Waals surface area (Å²) in [5.74, 6) is -1.71. The van der Waals surface area contributed by atoms with Gasteiger partial charge in [0.15, 0.2) is 11.6 Å². The molecule has 0 fully saturated rings. The molecule has 5 heteroatoms. The van der Waals surface area contributed by atoms with Crippen molar-refractivity contribution in [3.05, 3.63) is 40.2 Å². The number of hydrogen-bond donors (Lipinski definition) is 0. The molecule has 84 valence electrons. The van der Waals surface area contributed by atoms with E-state index >= 15 is 0 Å². The van der Waals surface area contributed by atoms with Crippen LogP contribution in [0.15, 0.2) is 23.6 Å². The first-order chi connectivity index (χ1) is 7.70. The third kappa shape index (κ3) is 2.25. The number of hydrogen-bond acceptors (Lipinski definition) is 3. The minimum atomic E-state index is -0.862. The van der Waals surface area contributed by atoms with Gasteiger partial charge in [-0.25, -0.2) is 13.8 Å². The lowest BCUT2D eigenvalue weighted by atomic mass is 10.2. The predicted molar refractivity (Wildman–Crippen MR) is 58.2 cm³/mol. The number of thiazole rings is 1. The van der Waals surface area contributed by atoms with E-state index in [1.165, 1.54) is 17.4 Å². The molecule has 0 aliphatic rings. The van der Waals surface area contributed by atoms with E-state index in [9.17, 15) is 8.78 Å². The lowest BCUT2D eigenvalue weighted by molar-refractivity contribution is 0.184. The Balaban J connectivity index is 2.31. The number of ether oxygens (including phenoxy) is 1. The van der Waals surface area contributed by atoms with Crippen LogP contribution in [0.5, 0.6) is 0 Å². The summed E-state index contributed by atoms with van der Waals surface area (Å²) in [5.41, 5.74) is 1.20. The summed E-state index contributed by atoms with van der Waals surface area (Å²) >= 11 is 1.43. The SMILES string of the molecule is COCc1nc(-c2ccc(F)c(F)c2)cs1. The van der Waals surface area contributed by atoms with Gasteiger partial charge in [-0.15, -0.1) is 11.3 Å². The maximum atomic E-state index is 13.0. The first kappa shape index (κ1) is 11.2. The molecule has 0 aliphatic heterocycles. The standard InChI is InChI=1S/C11H9F2NOS/c1-15-5-11-14-10(6-16-11)7-2-3-8(12)9(13)4-7/h2-4,6H,5H2,1H3. The van der Waals surface area contributed by atoms with Crippen LogP contribution < -0.4 is 0 Å². The van der Waals surface area contributed by atoms with Gasteiger partial charge in [-0.2, -0.15) is 0 Å². The van der Waals surface area contributed by atoms with Crippen LogP contribution in [0.3, 0.4) is 0 Å². The zero-order valence-corrected chi connectivity index (χ0v) is 9.35. The van der Waals surface area contributed by atoms with Gasteiger partial charge in [-0.05, 0) is 18.2 Å². The lowest BCUT2D eigenvalue weighted by Crippen LogP contribution is -1.88. The van der Waals surface area contributed by atoms with Crippen molar-refractivity contribution in [2.75, 3.05) is 7.11 Å². The van der Waals surface area contributed by atoms with Gasteiger partial charge in [0.05, 0.1) is 12.3 Å². The highest BCUT2D eigenvalue weighted by molar-refractivity contribution is 7.09. The van der Waals surface area contributed by atoms with Gasteiger partial charge in [0, 0.05) is 18.1 Å². The molecule has 2 nitrogen and oxygen atoms in total. The fourth-order valence-corrected chi connectivity index (χ4v) is 2.06. The van der Waals surface area contributed by atoms with Gasteiger partial charge in [0.1, 0.15) is 5.01 Å². The number of aromatic nitrogens is 1. The third-order valence-electron chi connectivity index (χ3n) is 2.03. The van der Waals surface area contributed by atoms with E-state index in [0.29, 0.717) is 17.9 Å². The summed E-state index contributed by atoms with van der Waals surface area (Å²) < 4.78 is 30.7. The van der Waals surface area contributed by atoms with Gasteiger partial charge >= 0.3 is 0 Å². The second kappa shape index (κ2) is 4.67. The van der Waals surface area contributed by atoms with E-state index in [2.05, 4.69) is 4.98 Å². The summed E-state index contributed by atoms with van der Waals surface area (Å²) in [5, 5.41) is 2.60. The molecule has 0 spiro atoms. The molecule has 1 aromatic carbocycles. The Morgan fingerprint density at radius 1 is 1.31 bits per heavy atom. The van der Waals surface area contributed by atoms with Crippen molar-refractivity contribution in [1.29, 1.82) is 0 Å². The van der Waals surface area contributed by atoms with Crippen molar-refractivity contribution in [3.63, 3.8) is 0 Å². The highest BCUT2D eigenvalue weighted by atomic mass is 32.1. The van der Waals surface area contributed by atoms with Gasteiger partial charge in [0.25, 0.3) is 0 Å². The number of nitrogens with zero attached hydrogens (tertiary/aromatic N) is 1. The lowest BCUT2D eigenvalue weighted by Gasteiger charge is -1.97. The van der Waals surface area contributed by atoms with Crippen molar-refractivity contribution < 1.29 is 13.5 Å². The number of benzene rings is 1. The largest absolute Gasteiger partial charge is 0.378 e. The molecule has 0 aliphatic carbocycles. The van der Waals surface area contributed by atoms with E-state index in [1.807, 2.05) is 0 Å². The van der Waals surface area contributed by atoms with E-state index in [0.717, 1.165) is 17.1 Å². The molecule has 0 unspecified atom stereocenters. The van der Waals surface area contributed by atoms with Crippen molar-refractivity contribution >= 4 is 11.3 Å². The third-order valence-corrected chi connectivity index (χ3v) is 2.86. The summed E-state index contributed by atoms with van der Waals surface area (Å²) in [7, 11) is 1.58. The van der Waals surface area contributed by atoms with Crippen LogP contribution in [0.1, 0.15) is 5.01 Å². The highest BCUT2D eigenvalue weighted by Crippen LogP contribution is 2.23. The van der Waals surface area contributed by atoms with Crippen molar-refractivity contribution in [2.45, 2.75) is 6.61 Å². The van der Waals surface area contributed by atoms with E-state index < -0.39 is 11.6 Å². The first-order valence-corrected chi connectivity index (χ1v) is 5.47. The molecule has 2 rings (SSSR count). The van der Waals surface area contributed by atoms with Crippen LogP contribution in [0, 0.1) is 11.6 Å². The number of rotatable bonds is 3. The average Bonchev–Trinajstić information content (AvgIpc) is 2.71. The van der Waals surface area contributed by atoms with Gasteiger partial charge < -0.3 is 4.74 Å². The molecule has 0 bridgehead atoms. The first-order valence-electron chi connectivity index (χ1n) is 4.59. The maximum Gasteiger partial charge on any atom is 0.159 e. The van der Waals surface area contributed by atoms with Gasteiger partial charge in [0.2, 0.25) is 0 Å². The molecule has 1 aromatic heterocycles.